The number of hydrogen-bond donors (Lipinski definition) is 1. The average Bonchev–Trinajstić information content (AvgIpc) is 2.90. The normalized spacial score (nSPS) is 10.7. The summed E-state index contributed by atoms with van der Waals surface area (Å²) in [5, 5.41) is 2.69. The van der Waals surface area contributed by atoms with Crippen molar-refractivity contribution in [1.82, 2.24) is 9.88 Å². The average molecular weight is 334 g/mol. The molecule has 130 valence electrons. The summed E-state index contributed by atoms with van der Waals surface area (Å²) in [5.74, 6) is -1.36. The number of oxazole rings is 1. The Morgan fingerprint density at radius 3 is 2.83 bits per heavy atom. The molecule has 0 spiro atoms. The van der Waals surface area contributed by atoms with E-state index in [1.54, 1.807) is 24.3 Å². The highest BCUT2D eigenvalue weighted by Gasteiger charge is 2.12. The Morgan fingerprint density at radius 1 is 1.25 bits per heavy atom. The molecule has 1 aromatic heterocycles. The molecule has 24 heavy (non-hydrogen) atoms. The fourth-order valence-corrected chi connectivity index (χ4v) is 2.30. The van der Waals surface area contributed by atoms with E-state index < -0.39 is 11.7 Å². The molecule has 0 atom stereocenters. The quantitative estimate of drug-likeness (QED) is 0.558. The fraction of sp³-hybridized carbons (Fsp3) is 0.471. The number of benzene rings is 1. The van der Waals surface area contributed by atoms with Crippen molar-refractivity contribution in [2.75, 3.05) is 13.2 Å². The summed E-state index contributed by atoms with van der Waals surface area (Å²) in [5.41, 5.74) is 1.10. The predicted molar refractivity (Wildman–Crippen MR) is 88.6 cm³/mol. The van der Waals surface area contributed by atoms with Crippen molar-refractivity contribution in [2.45, 2.75) is 39.2 Å². The van der Waals surface area contributed by atoms with E-state index in [0.717, 1.165) is 19.3 Å². The van der Waals surface area contributed by atoms with Gasteiger partial charge in [-0.25, -0.2) is 4.79 Å². The molecule has 1 amide bonds. The topological polar surface area (TPSA) is 90.5 Å². The Morgan fingerprint density at radius 2 is 2.04 bits per heavy atom. The number of nitrogens with zero attached hydrogens (tertiary/aromatic N) is 1. The van der Waals surface area contributed by atoms with Gasteiger partial charge in [-0.05, 0) is 18.6 Å². The first kappa shape index (κ1) is 17.8. The van der Waals surface area contributed by atoms with Crippen LogP contribution in [-0.4, -0.2) is 29.6 Å². The second kappa shape index (κ2) is 8.90. The van der Waals surface area contributed by atoms with E-state index >= 15 is 0 Å². The highest BCUT2D eigenvalue weighted by Crippen LogP contribution is 2.12. The molecule has 0 aliphatic carbocycles. The van der Waals surface area contributed by atoms with E-state index in [0.29, 0.717) is 17.6 Å². The Kier molecular flexibility index (Phi) is 6.60. The van der Waals surface area contributed by atoms with Crippen LogP contribution in [0.15, 0.2) is 33.5 Å². The first-order valence-electron chi connectivity index (χ1n) is 8.12. The standard InChI is InChI=1S/C17H22N2O5/c1-2-3-6-10-18-15(20)12-23-16(21)9-11-19-13-7-4-5-8-14(13)24-17(19)22/h4-5,7-8H,2-3,6,9-12H2,1H3,(H,18,20). The number of para-hydroxylation sites is 2. The molecular weight excluding hydrogens is 312 g/mol. The number of aromatic nitrogens is 1. The molecule has 0 radical (unpaired) electrons. The highest BCUT2D eigenvalue weighted by molar-refractivity contribution is 5.80. The number of fused-ring (bicyclic) bond motifs is 1. The molecule has 0 aliphatic rings. The number of carbonyl (C=O) groups excluding carboxylic acids is 2. The fourth-order valence-electron chi connectivity index (χ4n) is 2.30. The van der Waals surface area contributed by atoms with Gasteiger partial charge >= 0.3 is 11.7 Å². The molecule has 1 N–H and O–H groups in total. The maximum absolute atomic E-state index is 11.8. The summed E-state index contributed by atoms with van der Waals surface area (Å²) in [7, 11) is 0. The van der Waals surface area contributed by atoms with Crippen molar-refractivity contribution in [3.8, 4) is 0 Å². The molecule has 7 heteroatoms. The number of nitrogens with one attached hydrogen (secondary N) is 1. The van der Waals surface area contributed by atoms with Crippen LogP contribution in [-0.2, 0) is 20.9 Å². The van der Waals surface area contributed by atoms with Crippen LogP contribution in [0.4, 0.5) is 0 Å². The SMILES string of the molecule is CCCCCNC(=O)COC(=O)CCn1c(=O)oc2ccccc21. The van der Waals surface area contributed by atoms with Gasteiger partial charge in [-0.15, -0.1) is 0 Å². The molecule has 7 nitrogen and oxygen atoms in total. The molecule has 0 aliphatic heterocycles. The van der Waals surface area contributed by atoms with E-state index in [2.05, 4.69) is 12.2 Å². The van der Waals surface area contributed by atoms with Crippen LogP contribution in [0.5, 0.6) is 0 Å². The highest BCUT2D eigenvalue weighted by atomic mass is 16.5. The van der Waals surface area contributed by atoms with E-state index in [-0.39, 0.29) is 25.5 Å². The summed E-state index contributed by atoms with van der Waals surface area (Å²) in [4.78, 5) is 35.0. The van der Waals surface area contributed by atoms with Gasteiger partial charge in [0.15, 0.2) is 12.2 Å². The zero-order valence-electron chi connectivity index (χ0n) is 13.7. The number of unbranched alkanes of at least 4 members (excludes halogenated alkanes) is 2. The van der Waals surface area contributed by atoms with Crippen molar-refractivity contribution in [1.29, 1.82) is 0 Å². The first-order valence-corrected chi connectivity index (χ1v) is 8.12. The molecule has 2 aromatic rings. The Labute approximate surface area is 139 Å². The number of esters is 1. The van der Waals surface area contributed by atoms with Gasteiger partial charge in [0.05, 0.1) is 11.9 Å². The van der Waals surface area contributed by atoms with Crippen molar-refractivity contribution < 1.29 is 18.7 Å². The Balaban J connectivity index is 1.76. The maximum Gasteiger partial charge on any atom is 0.419 e. The van der Waals surface area contributed by atoms with E-state index in [9.17, 15) is 14.4 Å². The molecule has 0 saturated heterocycles. The lowest BCUT2D eigenvalue weighted by Crippen LogP contribution is -2.29. The molecule has 0 fully saturated rings. The maximum atomic E-state index is 11.8. The minimum absolute atomic E-state index is 0.00739. The van der Waals surface area contributed by atoms with Crippen LogP contribution in [0.3, 0.4) is 0 Å². The summed E-state index contributed by atoms with van der Waals surface area (Å²) < 4.78 is 11.4. The van der Waals surface area contributed by atoms with Crippen LogP contribution in [0.2, 0.25) is 0 Å². The third-order valence-corrected chi connectivity index (χ3v) is 3.58. The number of hydrogen-bond acceptors (Lipinski definition) is 5. The lowest BCUT2D eigenvalue weighted by atomic mass is 10.2. The van der Waals surface area contributed by atoms with E-state index in [1.165, 1.54) is 4.57 Å². The lowest BCUT2D eigenvalue weighted by Gasteiger charge is -2.06. The summed E-state index contributed by atoms with van der Waals surface area (Å²) in [6, 6.07) is 6.99. The lowest BCUT2D eigenvalue weighted by molar-refractivity contribution is -0.148. The first-order chi connectivity index (χ1) is 11.6. The molecule has 0 unspecified atom stereocenters. The minimum Gasteiger partial charge on any atom is -0.456 e. The van der Waals surface area contributed by atoms with E-state index in [1.807, 2.05) is 0 Å². The zero-order chi connectivity index (χ0) is 17.4. The van der Waals surface area contributed by atoms with Gasteiger partial charge in [-0.3, -0.25) is 14.2 Å². The second-order valence-corrected chi connectivity index (χ2v) is 5.46. The number of carbonyl (C=O) groups is 2. The third kappa shape index (κ3) is 4.97. The van der Waals surface area contributed by atoms with Gasteiger partial charge < -0.3 is 14.5 Å². The van der Waals surface area contributed by atoms with Crippen LogP contribution < -0.4 is 11.1 Å². The van der Waals surface area contributed by atoms with E-state index in [4.69, 9.17) is 9.15 Å². The second-order valence-electron chi connectivity index (χ2n) is 5.46. The predicted octanol–water partition coefficient (Wildman–Crippen LogP) is 1.83. The van der Waals surface area contributed by atoms with Gasteiger partial charge in [0, 0.05) is 13.1 Å². The molecular formula is C17H22N2O5. The molecule has 2 rings (SSSR count). The van der Waals surface area contributed by atoms with Gasteiger partial charge in [0.2, 0.25) is 0 Å². The molecule has 1 heterocycles. The number of rotatable bonds is 9. The molecule has 0 saturated carbocycles. The van der Waals surface area contributed by atoms with Crippen LogP contribution in [0, 0.1) is 0 Å². The monoisotopic (exact) mass is 334 g/mol. The van der Waals surface area contributed by atoms with Crippen molar-refractivity contribution in [2.24, 2.45) is 0 Å². The number of aryl methyl sites for hydroxylation is 1. The van der Waals surface area contributed by atoms with Crippen molar-refractivity contribution >= 4 is 23.0 Å². The Bertz CT molecular complexity index is 747. The summed E-state index contributed by atoms with van der Waals surface area (Å²) in [6.07, 6.45) is 3.03. The van der Waals surface area contributed by atoms with Gasteiger partial charge in [-0.2, -0.15) is 0 Å². The summed E-state index contributed by atoms with van der Waals surface area (Å²) >= 11 is 0. The van der Waals surface area contributed by atoms with Crippen molar-refractivity contribution in [3.05, 3.63) is 34.8 Å². The van der Waals surface area contributed by atoms with Gasteiger partial charge in [0.25, 0.3) is 5.91 Å². The van der Waals surface area contributed by atoms with Crippen LogP contribution in [0.1, 0.15) is 32.6 Å². The van der Waals surface area contributed by atoms with Crippen LogP contribution in [0.25, 0.3) is 11.1 Å². The summed E-state index contributed by atoms with van der Waals surface area (Å²) in [6.45, 7) is 2.51. The number of amides is 1. The van der Waals surface area contributed by atoms with Crippen molar-refractivity contribution in [3.63, 3.8) is 0 Å². The Hall–Kier alpha value is -2.57. The molecule has 1 aromatic carbocycles. The molecule has 0 bridgehead atoms. The zero-order valence-corrected chi connectivity index (χ0v) is 13.7. The van der Waals surface area contributed by atoms with Gasteiger partial charge in [-0.1, -0.05) is 31.9 Å². The largest absolute Gasteiger partial charge is 0.456 e. The smallest absolute Gasteiger partial charge is 0.419 e. The van der Waals surface area contributed by atoms with Gasteiger partial charge in [0.1, 0.15) is 0 Å². The third-order valence-electron chi connectivity index (χ3n) is 3.58. The minimum atomic E-state index is -0.532. The van der Waals surface area contributed by atoms with Crippen LogP contribution >= 0.6 is 0 Å². The number of ether oxygens (including phenoxy) is 1.